The van der Waals surface area contributed by atoms with Crippen LogP contribution in [0.3, 0.4) is 0 Å². The molecule has 0 heterocycles. The van der Waals surface area contributed by atoms with Crippen LogP contribution in [0.15, 0.2) is 0 Å². The van der Waals surface area contributed by atoms with Crippen LogP contribution in [0, 0.1) is 94.7 Å². The van der Waals surface area contributed by atoms with Crippen molar-refractivity contribution in [3.05, 3.63) is 0 Å². The van der Waals surface area contributed by atoms with Crippen LogP contribution in [0.5, 0.6) is 0 Å². The molecule has 0 rings (SSSR count). The van der Waals surface area contributed by atoms with E-state index in [1.54, 1.807) is 0 Å². The molecule has 0 N–H and O–H groups in total. The van der Waals surface area contributed by atoms with E-state index in [1.807, 2.05) is 166 Å². The van der Waals surface area contributed by atoms with Crippen LogP contribution in [0.25, 0.3) is 0 Å². The van der Waals surface area contributed by atoms with E-state index in [2.05, 4.69) is 166 Å². The molecular formula is C88H192O8. The molecule has 0 aromatic heterocycles. The first-order valence-electron chi connectivity index (χ1n) is 39.8. The number of Topliss-reactive ketones (excluding diaryl/α,β-unsaturated/α-hetero) is 8. The van der Waals surface area contributed by atoms with Crippen molar-refractivity contribution in [2.24, 2.45) is 94.7 Å². The van der Waals surface area contributed by atoms with Gasteiger partial charge in [-0.2, -0.15) is 0 Å². The van der Waals surface area contributed by atoms with Crippen LogP contribution in [-0.4, -0.2) is 46.3 Å². The average molecular weight is 1380 g/mol. The molecule has 0 radical (unpaired) electrons. The van der Waals surface area contributed by atoms with Crippen LogP contribution < -0.4 is 0 Å². The predicted octanol–water partition coefficient (Wildman–Crippen LogP) is 29.4. The zero-order valence-electron chi connectivity index (χ0n) is 75.8. The van der Waals surface area contributed by atoms with Crippen LogP contribution in [0.4, 0.5) is 0 Å². The zero-order valence-corrected chi connectivity index (χ0v) is 75.8. The van der Waals surface area contributed by atoms with Gasteiger partial charge < -0.3 is 0 Å². The number of carbonyl (C=O) groups excluding carboxylic acids is 8. The summed E-state index contributed by atoms with van der Waals surface area (Å²) in [4.78, 5) is 84.1. The van der Waals surface area contributed by atoms with Gasteiger partial charge in [0.05, 0.1) is 0 Å². The first-order chi connectivity index (χ1) is 43.6. The molecule has 592 valence electrons. The fourth-order valence-electron chi connectivity index (χ4n) is 3.27. The molecular weight excluding hydrogens is 1180 g/mol. The summed E-state index contributed by atoms with van der Waals surface area (Å²) in [6.07, 6.45) is 15.9. The molecule has 0 amide bonds. The quantitative estimate of drug-likeness (QED) is 0.0932. The van der Waals surface area contributed by atoms with Crippen molar-refractivity contribution in [3.8, 4) is 0 Å². The standard InChI is InChI=1S/8C6H12O.8C5H12/c8*1-4-6(7)5(2)3;8*1-4-5(2)3/h8*5H,4H2,1-3H3;8*5H,4H2,1-3H3. The van der Waals surface area contributed by atoms with Gasteiger partial charge in [-0.25, -0.2) is 0 Å². The Labute approximate surface area is 611 Å². The maximum absolute atomic E-state index is 10.5. The van der Waals surface area contributed by atoms with Crippen molar-refractivity contribution in [2.75, 3.05) is 0 Å². The van der Waals surface area contributed by atoms with E-state index in [9.17, 15) is 38.4 Å². The summed E-state index contributed by atoms with van der Waals surface area (Å²) in [5.41, 5.74) is 0. The maximum Gasteiger partial charge on any atom is 0.135 e. The summed E-state index contributed by atoms with van der Waals surface area (Å²) in [6.45, 7) is 99.0. The van der Waals surface area contributed by atoms with Gasteiger partial charge >= 0.3 is 0 Å². The number of rotatable bonds is 24. The van der Waals surface area contributed by atoms with Crippen LogP contribution in [-0.2, 0) is 38.4 Å². The highest BCUT2D eigenvalue weighted by molar-refractivity contribution is 5.82. The Bertz CT molecular complexity index is 1160. The second-order valence-electron chi connectivity index (χ2n) is 30.2. The minimum Gasteiger partial charge on any atom is -0.299 e. The van der Waals surface area contributed by atoms with E-state index in [-0.39, 0.29) is 47.3 Å². The highest BCUT2D eigenvalue weighted by Gasteiger charge is 2.05. The van der Waals surface area contributed by atoms with E-state index in [0.29, 0.717) is 97.6 Å². The Balaban J connectivity index is -0.0000000509. The van der Waals surface area contributed by atoms with Crippen molar-refractivity contribution in [3.63, 3.8) is 0 Å². The van der Waals surface area contributed by atoms with E-state index < -0.39 is 0 Å². The molecule has 0 atom stereocenters. The summed E-state index contributed by atoms with van der Waals surface area (Å²) in [5.74, 6) is 11.7. The normalized spacial score (nSPS) is 9.67. The van der Waals surface area contributed by atoms with Crippen LogP contribution in [0.2, 0.25) is 0 Å². The van der Waals surface area contributed by atoms with Gasteiger partial charge in [0.25, 0.3) is 0 Å². The lowest BCUT2D eigenvalue weighted by molar-refractivity contribution is -0.122. The monoisotopic (exact) mass is 1380 g/mol. The molecule has 0 aromatic rings. The van der Waals surface area contributed by atoms with Gasteiger partial charge in [0.2, 0.25) is 0 Å². The molecule has 0 bridgehead atoms. The minimum absolute atomic E-state index is 0.227. The summed E-state index contributed by atoms with van der Waals surface area (Å²) in [5, 5.41) is 0. The Hall–Kier alpha value is -2.64. The maximum atomic E-state index is 10.5. The number of hydrogen-bond donors (Lipinski definition) is 0. The molecule has 0 spiro atoms. The Morgan fingerprint density at radius 1 is 0.135 bits per heavy atom. The fourth-order valence-corrected chi connectivity index (χ4v) is 3.27. The Morgan fingerprint density at radius 2 is 0.177 bits per heavy atom. The molecule has 0 aliphatic heterocycles. The summed E-state index contributed by atoms with van der Waals surface area (Å²) in [6, 6.07) is 0. The SMILES string of the molecule is CCC(=O)C(C)C.CCC(=O)C(C)C.CCC(=O)C(C)C.CCC(=O)C(C)C.CCC(=O)C(C)C.CCC(=O)C(C)C.CCC(=O)C(C)C.CCC(=O)C(C)C.CCC(C)C.CCC(C)C.CCC(C)C.CCC(C)C.CCC(C)C.CCC(C)C.CCC(C)C.CCC(C)C. The highest BCUT2D eigenvalue weighted by Crippen LogP contribution is 2.03. The molecule has 0 aliphatic carbocycles. The third-order valence-corrected chi connectivity index (χ3v) is 14.5. The van der Waals surface area contributed by atoms with Gasteiger partial charge in [-0.15, -0.1) is 0 Å². The van der Waals surface area contributed by atoms with Crippen molar-refractivity contribution in [2.45, 2.75) is 435 Å². The lowest BCUT2D eigenvalue weighted by Gasteiger charge is -1.96. The Kier molecular flexibility index (Phi) is 147. The number of hydrogen-bond acceptors (Lipinski definition) is 8. The zero-order chi connectivity index (χ0) is 81.2. The summed E-state index contributed by atoms with van der Waals surface area (Å²) in [7, 11) is 0. The Morgan fingerprint density at radius 3 is 0.177 bits per heavy atom. The van der Waals surface area contributed by atoms with Crippen molar-refractivity contribution >= 4 is 46.3 Å². The van der Waals surface area contributed by atoms with Gasteiger partial charge in [0.15, 0.2) is 0 Å². The minimum atomic E-state index is 0.227. The molecule has 0 unspecified atom stereocenters. The average Bonchev–Trinajstić information content (AvgIpc) is 3.54. The van der Waals surface area contributed by atoms with Gasteiger partial charge in [0.1, 0.15) is 46.3 Å². The van der Waals surface area contributed by atoms with Crippen molar-refractivity contribution in [1.29, 1.82) is 0 Å². The van der Waals surface area contributed by atoms with Crippen molar-refractivity contribution < 1.29 is 38.4 Å². The van der Waals surface area contributed by atoms with Gasteiger partial charge in [-0.1, -0.05) is 384 Å². The molecule has 96 heavy (non-hydrogen) atoms. The number of carbonyl (C=O) groups is 8. The second kappa shape index (κ2) is 106. The lowest BCUT2D eigenvalue weighted by atomic mass is 10.1. The molecule has 0 saturated carbocycles. The topological polar surface area (TPSA) is 137 Å². The molecule has 0 saturated heterocycles. The number of ketones is 8. The molecule has 0 aliphatic rings. The smallest absolute Gasteiger partial charge is 0.135 e. The summed E-state index contributed by atoms with van der Waals surface area (Å²) < 4.78 is 0. The van der Waals surface area contributed by atoms with Crippen LogP contribution in [0.1, 0.15) is 435 Å². The van der Waals surface area contributed by atoms with E-state index in [4.69, 9.17) is 0 Å². The largest absolute Gasteiger partial charge is 0.299 e. The highest BCUT2D eigenvalue weighted by atomic mass is 16.2. The molecule has 8 nitrogen and oxygen atoms in total. The third kappa shape index (κ3) is 198. The first kappa shape index (κ1) is 133. The van der Waals surface area contributed by atoms with E-state index in [0.717, 1.165) is 47.3 Å². The van der Waals surface area contributed by atoms with Crippen LogP contribution >= 0.6 is 0 Å². The predicted molar refractivity (Wildman–Crippen MR) is 442 cm³/mol. The summed E-state index contributed by atoms with van der Waals surface area (Å²) >= 11 is 0. The molecule has 0 fully saturated rings. The van der Waals surface area contributed by atoms with Gasteiger partial charge in [-0.05, 0) is 47.3 Å². The molecule has 8 heteroatoms. The van der Waals surface area contributed by atoms with Gasteiger partial charge in [0, 0.05) is 98.7 Å². The second-order valence-corrected chi connectivity index (χ2v) is 30.2. The van der Waals surface area contributed by atoms with Gasteiger partial charge in [-0.3, -0.25) is 38.4 Å². The lowest BCUT2D eigenvalue weighted by Crippen LogP contribution is -2.03. The first-order valence-corrected chi connectivity index (χ1v) is 39.8. The third-order valence-electron chi connectivity index (χ3n) is 14.5. The molecule has 0 aromatic carbocycles. The fraction of sp³-hybridized carbons (Fsp3) is 0.909. The van der Waals surface area contributed by atoms with Crippen molar-refractivity contribution in [1.82, 2.24) is 0 Å². The van der Waals surface area contributed by atoms with E-state index >= 15 is 0 Å². The van der Waals surface area contributed by atoms with E-state index in [1.165, 1.54) is 51.4 Å².